The van der Waals surface area contributed by atoms with Gasteiger partial charge in [0.2, 0.25) is 0 Å². The number of hydrogen-bond acceptors (Lipinski definition) is 3. The van der Waals surface area contributed by atoms with Gasteiger partial charge in [-0.05, 0) is 69.5 Å². The van der Waals surface area contributed by atoms with Gasteiger partial charge in [-0.2, -0.15) is 0 Å². The van der Waals surface area contributed by atoms with Crippen LogP contribution in [0.5, 0.6) is 0 Å². The quantitative estimate of drug-likeness (QED) is 0.572. The van der Waals surface area contributed by atoms with Gasteiger partial charge in [0, 0.05) is 17.8 Å². The van der Waals surface area contributed by atoms with Crippen molar-refractivity contribution in [3.63, 3.8) is 0 Å². The number of carbonyl (C=O) groups excluding carboxylic acids is 1. The van der Waals surface area contributed by atoms with Crippen molar-refractivity contribution in [2.45, 2.75) is 45.4 Å². The molecule has 162 valence electrons. The number of nitrogens with two attached hydrogens (primary N) is 1. The average Bonchev–Trinajstić information content (AvgIpc) is 3.38. The fourth-order valence-corrected chi connectivity index (χ4v) is 4.91. The molecule has 0 unspecified atom stereocenters. The SMILES string of the molecule is C=C(N)c1ccc(CNC(=O)c2ccc3c(c2)[C@H]2O[C@@H]3c3cc(CC)c(CC)cc32)cc1. The van der Waals surface area contributed by atoms with Gasteiger partial charge in [0.15, 0.2) is 0 Å². The van der Waals surface area contributed by atoms with Crippen LogP contribution in [0.1, 0.15) is 80.9 Å². The molecule has 2 heterocycles. The van der Waals surface area contributed by atoms with Gasteiger partial charge >= 0.3 is 0 Å². The maximum absolute atomic E-state index is 12.8. The van der Waals surface area contributed by atoms with Crippen molar-refractivity contribution in [3.8, 4) is 0 Å². The summed E-state index contributed by atoms with van der Waals surface area (Å²) in [4.78, 5) is 12.8. The zero-order valence-corrected chi connectivity index (χ0v) is 18.6. The lowest BCUT2D eigenvalue weighted by atomic mass is 9.82. The second kappa shape index (κ2) is 7.95. The van der Waals surface area contributed by atoms with Gasteiger partial charge in [0.1, 0.15) is 12.2 Å². The normalized spacial score (nSPS) is 17.7. The minimum atomic E-state index is -0.0845. The molecule has 2 aliphatic heterocycles. The first-order valence-electron chi connectivity index (χ1n) is 11.3. The molecule has 4 heteroatoms. The van der Waals surface area contributed by atoms with Crippen molar-refractivity contribution in [1.82, 2.24) is 5.32 Å². The number of carbonyl (C=O) groups is 1. The third kappa shape index (κ3) is 3.32. The second-order valence-corrected chi connectivity index (χ2v) is 8.60. The summed E-state index contributed by atoms with van der Waals surface area (Å²) in [5.41, 5.74) is 16.5. The van der Waals surface area contributed by atoms with E-state index >= 15 is 0 Å². The maximum atomic E-state index is 12.8. The lowest BCUT2D eigenvalue weighted by molar-refractivity contribution is 0.0857. The number of ether oxygens (including phenoxy) is 1. The first-order valence-corrected chi connectivity index (χ1v) is 11.3. The summed E-state index contributed by atoms with van der Waals surface area (Å²) in [5.74, 6) is -0.0845. The molecule has 2 bridgehead atoms. The number of fused-ring (bicyclic) bond motifs is 8. The maximum Gasteiger partial charge on any atom is 0.251 e. The molecule has 0 fully saturated rings. The van der Waals surface area contributed by atoms with Crippen molar-refractivity contribution in [3.05, 3.63) is 111 Å². The molecule has 0 radical (unpaired) electrons. The third-order valence-corrected chi connectivity index (χ3v) is 6.70. The Morgan fingerprint density at radius 1 is 0.875 bits per heavy atom. The molecule has 3 aromatic carbocycles. The average molecular weight is 425 g/mol. The van der Waals surface area contributed by atoms with E-state index < -0.39 is 0 Å². The van der Waals surface area contributed by atoms with Crippen LogP contribution in [0.3, 0.4) is 0 Å². The van der Waals surface area contributed by atoms with Gasteiger partial charge in [0.25, 0.3) is 5.91 Å². The Morgan fingerprint density at radius 3 is 2.03 bits per heavy atom. The van der Waals surface area contributed by atoms with Gasteiger partial charge in [-0.15, -0.1) is 0 Å². The molecule has 0 saturated carbocycles. The van der Waals surface area contributed by atoms with Crippen LogP contribution < -0.4 is 11.1 Å². The van der Waals surface area contributed by atoms with Crippen LogP contribution in [0.2, 0.25) is 0 Å². The lowest BCUT2D eigenvalue weighted by Gasteiger charge is -2.19. The summed E-state index contributed by atoms with van der Waals surface area (Å²) in [6.07, 6.45) is 1.95. The topological polar surface area (TPSA) is 64.3 Å². The standard InChI is InChI=1S/C28H28N2O2/c1-4-18-12-24-25(13-19(18)5-2)27-23-14-21(10-11-22(23)26(24)32-27)28(31)30-15-17-6-8-20(9-7-17)16(3)29/h6-14,26-27H,3-5,15,29H2,1-2H3,(H,30,31)/t26-,27+/m0/s1. The van der Waals surface area contributed by atoms with E-state index in [0.29, 0.717) is 17.8 Å². The van der Waals surface area contributed by atoms with Crippen molar-refractivity contribution in [1.29, 1.82) is 0 Å². The van der Waals surface area contributed by atoms with E-state index in [0.717, 1.165) is 29.5 Å². The Balaban J connectivity index is 1.35. The number of hydrogen-bond donors (Lipinski definition) is 2. The molecule has 32 heavy (non-hydrogen) atoms. The molecule has 3 N–H and O–H groups in total. The van der Waals surface area contributed by atoms with E-state index in [4.69, 9.17) is 10.5 Å². The highest BCUT2D eigenvalue weighted by atomic mass is 16.5. The fourth-order valence-electron chi connectivity index (χ4n) is 4.91. The van der Waals surface area contributed by atoms with Crippen LogP contribution in [0.4, 0.5) is 0 Å². The van der Waals surface area contributed by atoms with Gasteiger partial charge in [-0.25, -0.2) is 0 Å². The lowest BCUT2D eigenvalue weighted by Crippen LogP contribution is -2.23. The van der Waals surface area contributed by atoms with Crippen LogP contribution in [-0.4, -0.2) is 5.91 Å². The van der Waals surface area contributed by atoms with Gasteiger partial charge in [-0.1, -0.05) is 62.9 Å². The van der Waals surface area contributed by atoms with Gasteiger partial charge in [-0.3, -0.25) is 4.79 Å². The van der Waals surface area contributed by atoms with Crippen molar-refractivity contribution in [2.24, 2.45) is 5.73 Å². The minimum Gasteiger partial charge on any atom is -0.399 e. The molecule has 3 aromatic rings. The molecule has 4 nitrogen and oxygen atoms in total. The largest absolute Gasteiger partial charge is 0.399 e. The van der Waals surface area contributed by atoms with Crippen LogP contribution >= 0.6 is 0 Å². The first kappa shape index (κ1) is 20.5. The highest BCUT2D eigenvalue weighted by Gasteiger charge is 2.43. The Labute approximate surface area is 189 Å². The van der Waals surface area contributed by atoms with E-state index in [1.807, 2.05) is 36.4 Å². The first-order chi connectivity index (χ1) is 15.5. The molecule has 0 saturated heterocycles. The number of benzene rings is 3. The molecule has 0 spiro atoms. The summed E-state index contributed by atoms with van der Waals surface area (Å²) in [6.45, 7) is 8.61. The van der Waals surface area contributed by atoms with Gasteiger partial charge < -0.3 is 15.8 Å². The van der Waals surface area contributed by atoms with Gasteiger partial charge in [0.05, 0.1) is 0 Å². The molecule has 2 aliphatic rings. The van der Waals surface area contributed by atoms with Crippen LogP contribution in [0.25, 0.3) is 5.70 Å². The van der Waals surface area contributed by atoms with E-state index in [-0.39, 0.29) is 18.1 Å². The van der Waals surface area contributed by atoms with Crippen molar-refractivity contribution < 1.29 is 9.53 Å². The van der Waals surface area contributed by atoms with Crippen LogP contribution in [-0.2, 0) is 24.1 Å². The van der Waals surface area contributed by atoms with E-state index in [2.05, 4.69) is 43.9 Å². The van der Waals surface area contributed by atoms with Crippen LogP contribution in [0, 0.1) is 0 Å². The molecule has 0 aliphatic carbocycles. The number of aryl methyl sites for hydroxylation is 2. The predicted octanol–water partition coefficient (Wildman–Crippen LogP) is 5.19. The molecule has 1 amide bonds. The van der Waals surface area contributed by atoms with E-state index in [1.54, 1.807) is 0 Å². The molecular weight excluding hydrogens is 396 g/mol. The Hall–Kier alpha value is -3.37. The summed E-state index contributed by atoms with van der Waals surface area (Å²) >= 11 is 0. The zero-order valence-electron chi connectivity index (χ0n) is 18.6. The zero-order chi connectivity index (χ0) is 22.4. The Kier molecular flexibility index (Phi) is 5.10. The summed E-state index contributed by atoms with van der Waals surface area (Å²) in [6, 6.07) is 18.3. The second-order valence-electron chi connectivity index (χ2n) is 8.60. The molecule has 5 rings (SSSR count). The Morgan fingerprint density at radius 2 is 1.44 bits per heavy atom. The summed E-state index contributed by atoms with van der Waals surface area (Å²) < 4.78 is 6.36. The van der Waals surface area contributed by atoms with E-state index in [1.165, 1.54) is 27.8 Å². The van der Waals surface area contributed by atoms with E-state index in [9.17, 15) is 4.79 Å². The third-order valence-electron chi connectivity index (χ3n) is 6.70. The highest BCUT2D eigenvalue weighted by Crippen LogP contribution is 2.54. The highest BCUT2D eigenvalue weighted by molar-refractivity contribution is 5.94. The summed E-state index contributed by atoms with van der Waals surface area (Å²) in [7, 11) is 0. The molecule has 2 atom stereocenters. The summed E-state index contributed by atoms with van der Waals surface area (Å²) in [5, 5.41) is 3.02. The van der Waals surface area contributed by atoms with Crippen molar-refractivity contribution in [2.75, 3.05) is 0 Å². The van der Waals surface area contributed by atoms with Crippen molar-refractivity contribution >= 4 is 11.6 Å². The number of amides is 1. The fraction of sp³-hybridized carbons (Fsp3) is 0.250. The minimum absolute atomic E-state index is 0.0193. The molecular formula is C28H28N2O2. The smallest absolute Gasteiger partial charge is 0.251 e. The predicted molar refractivity (Wildman–Crippen MR) is 127 cm³/mol. The Bertz CT molecular complexity index is 1230. The number of rotatable bonds is 6. The molecule has 0 aromatic heterocycles. The number of nitrogens with one attached hydrogen (secondary N) is 1. The van der Waals surface area contributed by atoms with Crippen LogP contribution in [0.15, 0.2) is 61.2 Å². The monoisotopic (exact) mass is 424 g/mol.